The monoisotopic (exact) mass is 219 g/mol. The summed E-state index contributed by atoms with van der Waals surface area (Å²) in [5.74, 6) is -0.268. The van der Waals surface area contributed by atoms with Gasteiger partial charge in [0.15, 0.2) is 17.2 Å². The van der Waals surface area contributed by atoms with Crippen molar-refractivity contribution in [3.05, 3.63) is 17.6 Å². The van der Waals surface area contributed by atoms with Crippen molar-refractivity contribution in [2.24, 2.45) is 5.73 Å². The van der Waals surface area contributed by atoms with Gasteiger partial charge >= 0.3 is 0 Å². The molecule has 0 unspecified atom stereocenters. The molecule has 0 aromatic carbocycles. The number of hydrogen-bond donors (Lipinski definition) is 1. The highest BCUT2D eigenvalue weighted by molar-refractivity contribution is 5.95. The minimum Gasteiger partial charge on any atom is -0.364 e. The van der Waals surface area contributed by atoms with Gasteiger partial charge in [0.05, 0.1) is 6.20 Å². The molecule has 0 aliphatic heterocycles. The summed E-state index contributed by atoms with van der Waals surface area (Å²) in [6.45, 7) is 5.19. The number of nitrogens with zero attached hydrogens (tertiary/aromatic N) is 4. The zero-order valence-corrected chi connectivity index (χ0v) is 9.27. The topological polar surface area (TPSA) is 95.9 Å². The molecule has 0 saturated heterocycles. The second kappa shape index (κ2) is 5.07. The minimum absolute atomic E-state index is 0.0997. The first-order valence-corrected chi connectivity index (χ1v) is 4.95. The number of nitrogens with two attached hydrogens (primary N) is 1. The maximum Gasteiger partial charge on any atom is 0.271 e. The second-order valence-corrected chi connectivity index (χ2v) is 3.08. The number of nitriles is 1. The van der Waals surface area contributed by atoms with E-state index in [4.69, 9.17) is 11.0 Å². The predicted molar refractivity (Wildman–Crippen MR) is 58.8 cm³/mol. The molecule has 0 spiro atoms. The zero-order valence-electron chi connectivity index (χ0n) is 9.27. The van der Waals surface area contributed by atoms with Gasteiger partial charge in [0.1, 0.15) is 6.07 Å². The molecule has 0 bridgehead atoms. The first-order chi connectivity index (χ1) is 7.63. The van der Waals surface area contributed by atoms with Crippen LogP contribution < -0.4 is 10.6 Å². The Morgan fingerprint density at radius 3 is 2.62 bits per heavy atom. The van der Waals surface area contributed by atoms with Gasteiger partial charge in [-0.05, 0) is 13.8 Å². The standard InChI is InChI=1S/C10H13N5O/c1-3-15(4-2)10-8(9(12)16)13-6-7(5-11)14-10/h6H,3-4H2,1-2H3,(H2,12,16). The van der Waals surface area contributed by atoms with Gasteiger partial charge in [-0.25, -0.2) is 9.97 Å². The number of aromatic nitrogens is 2. The third-order valence-corrected chi connectivity index (χ3v) is 2.17. The van der Waals surface area contributed by atoms with E-state index >= 15 is 0 Å². The molecule has 6 nitrogen and oxygen atoms in total. The zero-order chi connectivity index (χ0) is 12.1. The summed E-state index contributed by atoms with van der Waals surface area (Å²) in [6.07, 6.45) is 1.24. The van der Waals surface area contributed by atoms with Gasteiger partial charge in [0, 0.05) is 13.1 Å². The Morgan fingerprint density at radius 1 is 1.56 bits per heavy atom. The molecule has 1 aromatic rings. The predicted octanol–water partition coefficient (Wildman–Crippen LogP) is 0.293. The SMILES string of the molecule is CCN(CC)c1nc(C#N)cnc1C(N)=O. The molecule has 2 N–H and O–H groups in total. The highest BCUT2D eigenvalue weighted by Gasteiger charge is 2.16. The molecule has 0 atom stereocenters. The average Bonchev–Trinajstić information content (AvgIpc) is 2.30. The molecule has 0 aliphatic carbocycles. The van der Waals surface area contributed by atoms with Crippen molar-refractivity contribution in [3.8, 4) is 6.07 Å². The molecule has 0 radical (unpaired) electrons. The summed E-state index contributed by atoms with van der Waals surface area (Å²) in [7, 11) is 0. The number of amides is 1. The number of hydrogen-bond acceptors (Lipinski definition) is 5. The maximum absolute atomic E-state index is 11.2. The van der Waals surface area contributed by atoms with E-state index in [1.54, 1.807) is 0 Å². The van der Waals surface area contributed by atoms with E-state index in [1.807, 2.05) is 24.8 Å². The molecular weight excluding hydrogens is 206 g/mol. The lowest BCUT2D eigenvalue weighted by molar-refractivity contribution is 0.0995. The summed E-state index contributed by atoms with van der Waals surface area (Å²) >= 11 is 0. The molecule has 6 heteroatoms. The van der Waals surface area contributed by atoms with Crippen LogP contribution in [0, 0.1) is 11.3 Å². The minimum atomic E-state index is -0.640. The highest BCUT2D eigenvalue weighted by atomic mass is 16.1. The first kappa shape index (κ1) is 11.9. The average molecular weight is 219 g/mol. The Labute approximate surface area is 93.7 Å². The van der Waals surface area contributed by atoms with E-state index in [-0.39, 0.29) is 11.4 Å². The van der Waals surface area contributed by atoms with Crippen LogP contribution in [0.1, 0.15) is 30.0 Å². The molecule has 16 heavy (non-hydrogen) atoms. The van der Waals surface area contributed by atoms with Crippen molar-refractivity contribution < 1.29 is 4.79 Å². The lowest BCUT2D eigenvalue weighted by atomic mass is 10.3. The van der Waals surface area contributed by atoms with Crippen LogP contribution in [-0.2, 0) is 0 Å². The Balaban J connectivity index is 3.31. The van der Waals surface area contributed by atoms with Crippen LogP contribution in [0.25, 0.3) is 0 Å². The maximum atomic E-state index is 11.2. The lowest BCUT2D eigenvalue weighted by Gasteiger charge is -2.20. The molecule has 0 saturated carbocycles. The molecule has 1 rings (SSSR count). The normalized spacial score (nSPS) is 9.56. The fourth-order valence-electron chi connectivity index (χ4n) is 1.35. The summed E-state index contributed by atoms with van der Waals surface area (Å²) in [4.78, 5) is 20.9. The summed E-state index contributed by atoms with van der Waals surface area (Å²) in [5.41, 5.74) is 5.48. The van der Waals surface area contributed by atoms with Crippen molar-refractivity contribution in [1.29, 1.82) is 5.26 Å². The van der Waals surface area contributed by atoms with Crippen molar-refractivity contribution in [2.45, 2.75) is 13.8 Å². The van der Waals surface area contributed by atoms with Gasteiger partial charge in [-0.2, -0.15) is 5.26 Å². The van der Waals surface area contributed by atoms with Crippen molar-refractivity contribution >= 4 is 11.7 Å². The van der Waals surface area contributed by atoms with Crippen LogP contribution in [0.5, 0.6) is 0 Å². The molecule has 1 aromatic heterocycles. The molecular formula is C10H13N5O. The fourth-order valence-corrected chi connectivity index (χ4v) is 1.35. The Morgan fingerprint density at radius 2 is 2.19 bits per heavy atom. The lowest BCUT2D eigenvalue weighted by Crippen LogP contribution is -2.28. The number of anilines is 1. The van der Waals surface area contributed by atoms with E-state index in [9.17, 15) is 4.79 Å². The third kappa shape index (κ3) is 2.25. The van der Waals surface area contributed by atoms with Crippen molar-refractivity contribution in [3.63, 3.8) is 0 Å². The van der Waals surface area contributed by atoms with Crippen molar-refractivity contribution in [2.75, 3.05) is 18.0 Å². The van der Waals surface area contributed by atoms with Gasteiger partial charge < -0.3 is 10.6 Å². The van der Waals surface area contributed by atoms with E-state index in [2.05, 4.69) is 9.97 Å². The van der Waals surface area contributed by atoms with Gasteiger partial charge in [-0.15, -0.1) is 0 Å². The van der Waals surface area contributed by atoms with Crippen LogP contribution in [0.2, 0.25) is 0 Å². The molecule has 0 fully saturated rings. The van der Waals surface area contributed by atoms with E-state index in [0.29, 0.717) is 18.9 Å². The van der Waals surface area contributed by atoms with Crippen LogP contribution in [0.3, 0.4) is 0 Å². The number of primary amides is 1. The summed E-state index contributed by atoms with van der Waals surface area (Å²) in [6, 6.07) is 1.88. The molecule has 84 valence electrons. The van der Waals surface area contributed by atoms with Crippen LogP contribution in [0.4, 0.5) is 5.82 Å². The fraction of sp³-hybridized carbons (Fsp3) is 0.400. The van der Waals surface area contributed by atoms with E-state index < -0.39 is 5.91 Å². The quantitative estimate of drug-likeness (QED) is 0.785. The highest BCUT2D eigenvalue weighted by Crippen LogP contribution is 2.15. The molecule has 0 aliphatic rings. The van der Waals surface area contributed by atoms with Gasteiger partial charge in [0.2, 0.25) is 0 Å². The van der Waals surface area contributed by atoms with Crippen LogP contribution in [-0.4, -0.2) is 29.0 Å². The van der Waals surface area contributed by atoms with Crippen molar-refractivity contribution in [1.82, 2.24) is 9.97 Å². The Kier molecular flexibility index (Phi) is 3.78. The Hall–Kier alpha value is -2.16. The number of carbonyl (C=O) groups excluding carboxylic acids is 1. The van der Waals surface area contributed by atoms with Crippen LogP contribution in [0.15, 0.2) is 6.20 Å². The first-order valence-electron chi connectivity index (χ1n) is 4.95. The summed E-state index contributed by atoms with van der Waals surface area (Å²) < 4.78 is 0. The second-order valence-electron chi connectivity index (χ2n) is 3.08. The largest absolute Gasteiger partial charge is 0.364 e. The van der Waals surface area contributed by atoms with Gasteiger partial charge in [-0.1, -0.05) is 0 Å². The molecule has 1 amide bonds. The van der Waals surface area contributed by atoms with Gasteiger partial charge in [-0.3, -0.25) is 4.79 Å². The number of rotatable bonds is 4. The Bertz CT molecular complexity index is 433. The smallest absolute Gasteiger partial charge is 0.271 e. The summed E-state index contributed by atoms with van der Waals surface area (Å²) in [5, 5.41) is 8.73. The van der Waals surface area contributed by atoms with Gasteiger partial charge in [0.25, 0.3) is 5.91 Å². The van der Waals surface area contributed by atoms with E-state index in [0.717, 1.165) is 0 Å². The molecule has 1 heterocycles. The number of carbonyl (C=O) groups is 1. The third-order valence-electron chi connectivity index (χ3n) is 2.17. The van der Waals surface area contributed by atoms with E-state index in [1.165, 1.54) is 6.20 Å². The van der Waals surface area contributed by atoms with Crippen LogP contribution >= 0.6 is 0 Å².